The summed E-state index contributed by atoms with van der Waals surface area (Å²) in [4.78, 5) is 52.8. The fraction of sp³-hybridized carbons (Fsp3) is 0.103. The predicted octanol–water partition coefficient (Wildman–Crippen LogP) is 5.10. The van der Waals surface area contributed by atoms with Gasteiger partial charge in [-0.2, -0.15) is 47.4 Å². The number of aldehydes is 1. The van der Waals surface area contributed by atoms with Crippen LogP contribution in [0.5, 0.6) is 0 Å². The fourth-order valence-corrected chi connectivity index (χ4v) is 4.74. The number of hydrogen-bond acceptors (Lipinski definition) is 8. The van der Waals surface area contributed by atoms with Crippen molar-refractivity contribution in [1.29, 1.82) is 21.0 Å². The summed E-state index contributed by atoms with van der Waals surface area (Å²) in [7, 11) is 0.805. The molecule has 222 valence electrons. The molecule has 1 heterocycles. The molecule has 0 radical (unpaired) electrons. The summed E-state index contributed by atoms with van der Waals surface area (Å²) in [6.45, 7) is 0. The summed E-state index contributed by atoms with van der Waals surface area (Å²) in [6.07, 6.45) is -12.3. The monoisotopic (exact) mass is 620 g/mol. The molecule has 3 aromatic carbocycles. The lowest BCUT2D eigenvalue weighted by Gasteiger charge is -2.25. The van der Waals surface area contributed by atoms with E-state index in [1.54, 1.807) is 24.3 Å². The molecule has 3 amide bonds. The van der Waals surface area contributed by atoms with Gasteiger partial charge >= 0.3 is 12.4 Å². The molecule has 1 aliphatic heterocycles. The van der Waals surface area contributed by atoms with Gasteiger partial charge in [-0.3, -0.25) is 19.2 Å². The molecular weight excluding hydrogens is 610 g/mol. The number of fused-ring (bicyclic) bond motifs is 1. The van der Waals surface area contributed by atoms with Crippen LogP contribution in [-0.2, 0) is 12.4 Å². The number of carbonyl (C=O) groups excluding carboxylic acids is 4. The minimum Gasteiger partial charge on any atom is -0.311 e. The van der Waals surface area contributed by atoms with Crippen LogP contribution in [0, 0.1) is 45.3 Å². The summed E-state index contributed by atoms with van der Waals surface area (Å²) < 4.78 is 87.8. The van der Waals surface area contributed by atoms with Crippen molar-refractivity contribution >= 4 is 35.4 Å². The topological polar surface area (TPSA) is 170 Å². The number of hydrogen-bond donors (Lipinski definition) is 0. The molecule has 4 rings (SSSR count). The van der Waals surface area contributed by atoms with E-state index in [0.717, 1.165) is 43.4 Å². The van der Waals surface area contributed by atoms with E-state index < -0.39 is 81.0 Å². The molecule has 0 aliphatic carbocycles. The van der Waals surface area contributed by atoms with Gasteiger partial charge in [-0.15, -0.1) is 0 Å². The van der Waals surface area contributed by atoms with Crippen LogP contribution in [0.1, 0.15) is 74.8 Å². The smallest absolute Gasteiger partial charge is 0.311 e. The lowest BCUT2D eigenvalue weighted by Crippen LogP contribution is -2.33. The number of alkyl halides is 6. The first-order valence-corrected chi connectivity index (χ1v) is 12.0. The molecule has 3 aromatic rings. The molecule has 0 saturated carbocycles. The van der Waals surface area contributed by atoms with Crippen molar-refractivity contribution in [3.63, 3.8) is 0 Å². The first-order chi connectivity index (χ1) is 21.1. The lowest BCUT2D eigenvalue weighted by molar-refractivity contribution is -0.142. The van der Waals surface area contributed by atoms with E-state index in [2.05, 4.69) is 0 Å². The number of amides is 3. The molecule has 16 heteroatoms. The third-order valence-electron chi connectivity index (χ3n) is 6.71. The van der Waals surface area contributed by atoms with Crippen LogP contribution in [0.4, 0.5) is 37.7 Å². The Balaban J connectivity index is 2.10. The van der Waals surface area contributed by atoms with E-state index in [1.165, 1.54) is 0 Å². The lowest BCUT2D eigenvalue weighted by atomic mass is 9.86. The third kappa shape index (κ3) is 4.97. The zero-order valence-electron chi connectivity index (χ0n) is 22.1. The number of nitrogens with zero attached hydrogens (tertiary/aromatic N) is 6. The van der Waals surface area contributed by atoms with Crippen LogP contribution >= 0.6 is 0 Å². The predicted molar refractivity (Wildman–Crippen MR) is 137 cm³/mol. The fourth-order valence-electron chi connectivity index (χ4n) is 4.74. The largest absolute Gasteiger partial charge is 0.418 e. The van der Waals surface area contributed by atoms with Crippen molar-refractivity contribution in [3.05, 3.63) is 92.0 Å². The van der Waals surface area contributed by atoms with Gasteiger partial charge in [0.2, 0.25) is 0 Å². The number of halogens is 6. The SMILES string of the molecule is CN(C(=O)c1c(C=O)c(C(F)(F)F)c2c(c1C(F)(F)F)C(=O)N(c1ccc(C#N)c(C#N)c1)C2=O)c1ccc(C#N)c(C#N)c1. The van der Waals surface area contributed by atoms with Crippen LogP contribution in [-0.4, -0.2) is 31.1 Å². The van der Waals surface area contributed by atoms with Crippen molar-refractivity contribution in [1.82, 2.24) is 0 Å². The summed E-state index contributed by atoms with van der Waals surface area (Å²) in [5.41, 5.74) is -14.5. The van der Waals surface area contributed by atoms with Gasteiger partial charge in [0.25, 0.3) is 17.7 Å². The minimum atomic E-state index is -5.81. The van der Waals surface area contributed by atoms with E-state index in [9.17, 15) is 56.0 Å². The van der Waals surface area contributed by atoms with Gasteiger partial charge in [0.05, 0.1) is 55.8 Å². The van der Waals surface area contributed by atoms with Crippen LogP contribution in [0.2, 0.25) is 0 Å². The molecule has 0 saturated heterocycles. The van der Waals surface area contributed by atoms with Gasteiger partial charge in [-0.1, -0.05) is 0 Å². The van der Waals surface area contributed by atoms with Gasteiger partial charge < -0.3 is 4.90 Å². The van der Waals surface area contributed by atoms with Gasteiger partial charge in [-0.25, -0.2) is 4.90 Å². The second kappa shape index (κ2) is 11.0. The Bertz CT molecular complexity index is 2040. The highest BCUT2D eigenvalue weighted by atomic mass is 19.4. The number of anilines is 2. The molecule has 0 aromatic heterocycles. The van der Waals surface area contributed by atoms with E-state index in [4.69, 9.17) is 10.5 Å². The quantitative estimate of drug-likeness (QED) is 0.220. The highest BCUT2D eigenvalue weighted by Gasteiger charge is 2.55. The van der Waals surface area contributed by atoms with Crippen molar-refractivity contribution in [3.8, 4) is 24.3 Å². The Kier molecular flexibility index (Phi) is 7.65. The summed E-state index contributed by atoms with van der Waals surface area (Å²) in [6, 6.07) is 11.8. The van der Waals surface area contributed by atoms with Crippen molar-refractivity contribution in [2.75, 3.05) is 16.8 Å². The third-order valence-corrected chi connectivity index (χ3v) is 6.71. The van der Waals surface area contributed by atoms with Crippen molar-refractivity contribution in [2.45, 2.75) is 12.4 Å². The Labute approximate surface area is 247 Å². The highest BCUT2D eigenvalue weighted by Crippen LogP contribution is 2.48. The first-order valence-electron chi connectivity index (χ1n) is 12.0. The molecule has 0 bridgehead atoms. The maximum atomic E-state index is 14.7. The Morgan fingerprint density at radius 1 is 0.756 bits per heavy atom. The van der Waals surface area contributed by atoms with Gasteiger partial charge in [0, 0.05) is 18.3 Å². The Hall–Kier alpha value is -6.52. The Morgan fingerprint density at radius 3 is 1.69 bits per heavy atom. The zero-order chi connectivity index (χ0) is 33.6. The van der Waals surface area contributed by atoms with Crippen LogP contribution < -0.4 is 9.80 Å². The number of benzene rings is 3. The molecule has 1 aliphatic rings. The molecule has 0 atom stereocenters. The van der Waals surface area contributed by atoms with Crippen LogP contribution in [0.3, 0.4) is 0 Å². The molecule has 0 unspecified atom stereocenters. The second-order valence-electron chi connectivity index (χ2n) is 9.12. The maximum absolute atomic E-state index is 14.7. The Morgan fingerprint density at radius 2 is 1.22 bits per heavy atom. The van der Waals surface area contributed by atoms with Gasteiger partial charge in [0.15, 0.2) is 6.29 Å². The average molecular weight is 620 g/mol. The number of nitriles is 4. The second-order valence-corrected chi connectivity index (χ2v) is 9.12. The molecule has 45 heavy (non-hydrogen) atoms. The number of carbonyl (C=O) groups is 4. The average Bonchev–Trinajstić information content (AvgIpc) is 3.25. The zero-order valence-corrected chi connectivity index (χ0v) is 22.1. The summed E-state index contributed by atoms with van der Waals surface area (Å²) in [5, 5.41) is 36.8. The molecule has 0 N–H and O–H groups in total. The first kappa shape index (κ1) is 31.4. The number of rotatable bonds is 4. The minimum absolute atomic E-state index is 0.0937. The van der Waals surface area contributed by atoms with Gasteiger partial charge in [0.1, 0.15) is 24.3 Å². The molecule has 0 spiro atoms. The molecular formula is C29H10F6N6O4. The van der Waals surface area contributed by atoms with Gasteiger partial charge in [-0.05, 0) is 36.4 Å². The standard InChI is InChI=1S/C29H10F6N6O4/c1-40(17-4-2-13(8-36)15(6-17)10-38)25(43)20-19(12-42)23(28(30,31)32)21-22(24(20)29(33,34)35)27(45)41(26(21)44)18-5-3-14(9-37)16(7-18)11-39/h2-7,12H,1H3. The molecule has 0 fully saturated rings. The normalized spacial score (nSPS) is 12.5. The van der Waals surface area contributed by atoms with E-state index in [1.807, 2.05) is 0 Å². The van der Waals surface area contributed by atoms with E-state index in [-0.39, 0.29) is 27.3 Å². The maximum Gasteiger partial charge on any atom is 0.418 e. The summed E-state index contributed by atoms with van der Waals surface area (Å²) in [5.74, 6) is -5.78. The summed E-state index contributed by atoms with van der Waals surface area (Å²) >= 11 is 0. The van der Waals surface area contributed by atoms with Crippen LogP contribution in [0.15, 0.2) is 36.4 Å². The van der Waals surface area contributed by atoms with E-state index >= 15 is 0 Å². The number of imide groups is 1. The van der Waals surface area contributed by atoms with E-state index in [0.29, 0.717) is 4.90 Å². The van der Waals surface area contributed by atoms with Crippen molar-refractivity contribution in [2.24, 2.45) is 0 Å². The molecule has 10 nitrogen and oxygen atoms in total. The van der Waals surface area contributed by atoms with Crippen molar-refractivity contribution < 1.29 is 45.5 Å². The van der Waals surface area contributed by atoms with Crippen LogP contribution in [0.25, 0.3) is 0 Å². The highest BCUT2D eigenvalue weighted by molar-refractivity contribution is 6.36.